The van der Waals surface area contributed by atoms with Crippen LogP contribution in [-0.2, 0) is 18.2 Å². The van der Waals surface area contributed by atoms with Gasteiger partial charge in [-0.3, -0.25) is 9.48 Å². The number of hydrogen-bond donors (Lipinski definition) is 1. The van der Waals surface area contributed by atoms with Gasteiger partial charge in [-0.25, -0.2) is 0 Å². The molecular weight excluding hydrogens is 349 g/mol. The number of halogens is 2. The Morgan fingerprint density at radius 2 is 2.08 bits per heavy atom. The van der Waals surface area contributed by atoms with Crippen molar-refractivity contribution in [3.8, 4) is 0 Å². The van der Waals surface area contributed by atoms with Crippen LogP contribution in [0.5, 0.6) is 0 Å². The molecule has 0 saturated carbocycles. The first-order valence-corrected chi connectivity index (χ1v) is 8.50. The Morgan fingerprint density at radius 3 is 2.62 bits per heavy atom. The number of ether oxygens (including phenoxy) is 1. The summed E-state index contributed by atoms with van der Waals surface area (Å²) in [4.78, 5) is 12.7. The van der Waals surface area contributed by atoms with E-state index in [0.29, 0.717) is 29.7 Å². The smallest absolute Gasteiger partial charge is 0.273 e. The molecule has 1 amide bonds. The minimum Gasteiger partial charge on any atom is -0.379 e. The lowest BCUT2D eigenvalue weighted by molar-refractivity contribution is 0.0872. The molecule has 0 radical (unpaired) electrons. The van der Waals surface area contributed by atoms with E-state index >= 15 is 0 Å². The highest BCUT2D eigenvalue weighted by atomic mass is 35.5. The van der Waals surface area contributed by atoms with Gasteiger partial charge < -0.3 is 10.1 Å². The molecule has 2 aromatic rings. The van der Waals surface area contributed by atoms with Crippen molar-refractivity contribution < 1.29 is 9.53 Å². The van der Waals surface area contributed by atoms with Gasteiger partial charge in [-0.05, 0) is 37.5 Å². The predicted octanol–water partition coefficient (Wildman–Crippen LogP) is 3.17. The maximum Gasteiger partial charge on any atom is 0.273 e. The Kier molecular flexibility index (Phi) is 4.85. The van der Waals surface area contributed by atoms with Gasteiger partial charge in [0.2, 0.25) is 0 Å². The van der Waals surface area contributed by atoms with Crippen molar-refractivity contribution in [1.82, 2.24) is 15.1 Å². The van der Waals surface area contributed by atoms with Gasteiger partial charge in [0.25, 0.3) is 5.91 Å². The number of nitrogens with zero attached hydrogens (tertiary/aromatic N) is 2. The van der Waals surface area contributed by atoms with Crippen LogP contribution in [0.15, 0.2) is 24.3 Å². The van der Waals surface area contributed by atoms with Crippen LogP contribution in [0.3, 0.4) is 0 Å². The number of amides is 1. The van der Waals surface area contributed by atoms with E-state index in [1.54, 1.807) is 11.7 Å². The van der Waals surface area contributed by atoms with Gasteiger partial charge in [-0.15, -0.1) is 0 Å². The maximum atomic E-state index is 12.7. The first-order chi connectivity index (χ1) is 11.4. The molecule has 7 heteroatoms. The molecule has 1 saturated heterocycles. The fourth-order valence-corrected chi connectivity index (χ4v) is 3.28. The molecule has 1 fully saturated rings. The molecule has 1 aliphatic rings. The monoisotopic (exact) mass is 367 g/mol. The van der Waals surface area contributed by atoms with E-state index < -0.39 is 5.54 Å². The Bertz CT molecular complexity index is 750. The Morgan fingerprint density at radius 1 is 1.38 bits per heavy atom. The minimum absolute atomic E-state index is 0.249. The second kappa shape index (κ2) is 6.75. The van der Waals surface area contributed by atoms with E-state index in [2.05, 4.69) is 10.4 Å². The third-order valence-corrected chi connectivity index (χ3v) is 5.12. The maximum absolute atomic E-state index is 12.7. The zero-order valence-electron chi connectivity index (χ0n) is 13.6. The number of carbonyl (C=O) groups is 1. The molecular formula is C17H19Cl2N3O2. The number of aryl methyl sites for hydroxylation is 1. The summed E-state index contributed by atoms with van der Waals surface area (Å²) in [5.74, 6) is -0.275. The zero-order valence-corrected chi connectivity index (χ0v) is 15.1. The van der Waals surface area contributed by atoms with E-state index in [1.165, 1.54) is 0 Å². The summed E-state index contributed by atoms with van der Waals surface area (Å²) in [5, 5.41) is 8.39. The molecule has 5 nitrogen and oxygen atoms in total. The summed E-state index contributed by atoms with van der Waals surface area (Å²) < 4.78 is 7.16. The van der Waals surface area contributed by atoms with Crippen molar-refractivity contribution >= 4 is 29.1 Å². The summed E-state index contributed by atoms with van der Waals surface area (Å²) in [5.41, 5.74) is 1.64. The van der Waals surface area contributed by atoms with Gasteiger partial charge in [-0.2, -0.15) is 5.10 Å². The molecule has 1 aromatic carbocycles. The van der Waals surface area contributed by atoms with Crippen LogP contribution in [-0.4, -0.2) is 34.4 Å². The molecule has 0 unspecified atom stereocenters. The van der Waals surface area contributed by atoms with E-state index in [0.717, 1.165) is 17.7 Å². The summed E-state index contributed by atoms with van der Waals surface area (Å²) in [7, 11) is 1.76. The second-order valence-electron chi connectivity index (χ2n) is 6.21. The molecule has 3 rings (SSSR count). The van der Waals surface area contributed by atoms with Crippen molar-refractivity contribution in [2.45, 2.75) is 25.3 Å². The van der Waals surface area contributed by atoms with Crippen molar-refractivity contribution in [2.75, 3.05) is 13.2 Å². The third-order valence-electron chi connectivity index (χ3n) is 4.41. The molecule has 24 heavy (non-hydrogen) atoms. The van der Waals surface area contributed by atoms with Gasteiger partial charge in [0, 0.05) is 18.7 Å². The molecule has 0 bridgehead atoms. The lowest BCUT2D eigenvalue weighted by atomic mass is 9.89. The lowest BCUT2D eigenvalue weighted by Crippen LogP contribution is -2.51. The number of carbonyl (C=O) groups excluding carboxylic acids is 1. The summed E-state index contributed by atoms with van der Waals surface area (Å²) in [6.45, 7) is 2.90. The molecule has 128 valence electrons. The van der Waals surface area contributed by atoms with Crippen LogP contribution < -0.4 is 5.32 Å². The largest absolute Gasteiger partial charge is 0.379 e. The molecule has 1 atom stereocenters. The third kappa shape index (κ3) is 3.43. The number of benzene rings is 1. The standard InChI is InChI=1S/C17H19Cl2N3O2/c1-11-14(19)15(21-22(11)2)16(23)20-17(7-8-24-10-17)9-12-3-5-13(18)6-4-12/h3-6H,7-10H2,1-2H3,(H,20,23)/t17-/m0/s1. The van der Waals surface area contributed by atoms with Crippen molar-refractivity contribution in [2.24, 2.45) is 7.05 Å². The fourth-order valence-electron chi connectivity index (χ4n) is 2.91. The van der Waals surface area contributed by atoms with Crippen molar-refractivity contribution in [1.29, 1.82) is 0 Å². The number of hydrogen-bond acceptors (Lipinski definition) is 3. The first kappa shape index (κ1) is 17.3. The van der Waals surface area contributed by atoms with Gasteiger partial charge >= 0.3 is 0 Å². The highest BCUT2D eigenvalue weighted by Crippen LogP contribution is 2.26. The summed E-state index contributed by atoms with van der Waals surface area (Å²) in [6, 6.07) is 7.63. The molecule has 2 heterocycles. The molecule has 0 spiro atoms. The van der Waals surface area contributed by atoms with Gasteiger partial charge in [0.1, 0.15) is 0 Å². The van der Waals surface area contributed by atoms with Crippen LogP contribution in [0, 0.1) is 6.92 Å². The van der Waals surface area contributed by atoms with Gasteiger partial charge in [0.15, 0.2) is 5.69 Å². The quantitative estimate of drug-likeness (QED) is 0.902. The summed E-state index contributed by atoms with van der Waals surface area (Å²) in [6.07, 6.45) is 1.41. The second-order valence-corrected chi connectivity index (χ2v) is 7.03. The Hall–Kier alpha value is -1.56. The van der Waals surface area contributed by atoms with Crippen LogP contribution in [0.25, 0.3) is 0 Å². The van der Waals surface area contributed by atoms with E-state index in [9.17, 15) is 4.79 Å². The summed E-state index contributed by atoms with van der Waals surface area (Å²) >= 11 is 12.2. The Balaban J connectivity index is 1.81. The average molecular weight is 368 g/mol. The normalized spacial score (nSPS) is 20.3. The Labute approximate surface area is 150 Å². The molecule has 1 aliphatic heterocycles. The number of aromatic nitrogens is 2. The zero-order chi connectivity index (χ0) is 17.3. The average Bonchev–Trinajstić information content (AvgIpc) is 3.10. The SMILES string of the molecule is Cc1c(Cl)c(C(=O)N[C@]2(Cc3ccc(Cl)cc3)CCOC2)nn1C. The fraction of sp³-hybridized carbons (Fsp3) is 0.412. The van der Waals surface area contributed by atoms with Crippen LogP contribution in [0.4, 0.5) is 0 Å². The van der Waals surface area contributed by atoms with Crippen LogP contribution in [0.2, 0.25) is 10.0 Å². The predicted molar refractivity (Wildman–Crippen MR) is 93.7 cm³/mol. The van der Waals surface area contributed by atoms with E-state index in [-0.39, 0.29) is 11.6 Å². The highest BCUT2D eigenvalue weighted by molar-refractivity contribution is 6.34. The van der Waals surface area contributed by atoms with E-state index in [4.69, 9.17) is 27.9 Å². The van der Waals surface area contributed by atoms with Gasteiger partial charge in [0.05, 0.1) is 22.9 Å². The lowest BCUT2D eigenvalue weighted by Gasteiger charge is -2.28. The number of nitrogens with one attached hydrogen (secondary N) is 1. The van der Waals surface area contributed by atoms with Crippen molar-refractivity contribution in [3.63, 3.8) is 0 Å². The van der Waals surface area contributed by atoms with E-state index in [1.807, 2.05) is 31.2 Å². The topological polar surface area (TPSA) is 56.1 Å². The van der Waals surface area contributed by atoms with Crippen LogP contribution in [0.1, 0.15) is 28.2 Å². The van der Waals surface area contributed by atoms with Crippen LogP contribution >= 0.6 is 23.2 Å². The first-order valence-electron chi connectivity index (χ1n) is 7.74. The molecule has 1 aromatic heterocycles. The van der Waals surface area contributed by atoms with Crippen molar-refractivity contribution in [3.05, 3.63) is 51.3 Å². The van der Waals surface area contributed by atoms with Gasteiger partial charge in [-0.1, -0.05) is 35.3 Å². The molecule has 1 N–H and O–H groups in total. The highest BCUT2D eigenvalue weighted by Gasteiger charge is 2.37. The molecule has 0 aliphatic carbocycles. The number of rotatable bonds is 4. The minimum atomic E-state index is -0.459.